The maximum absolute atomic E-state index is 3.95. The first-order valence-corrected chi connectivity index (χ1v) is 18.3. The van der Waals surface area contributed by atoms with Crippen molar-refractivity contribution in [3.05, 3.63) is 175 Å². The van der Waals surface area contributed by atoms with E-state index < -0.39 is 0 Å². The van der Waals surface area contributed by atoms with Crippen molar-refractivity contribution in [2.45, 2.75) is 25.0 Å². The number of fused-ring (bicyclic) bond motifs is 9. The topological polar surface area (TPSA) is 33.9 Å². The largest absolute Gasteiger partial charge is 0.373 e. The zero-order valence-corrected chi connectivity index (χ0v) is 28.6. The van der Waals surface area contributed by atoms with Crippen LogP contribution in [0.1, 0.15) is 30.6 Å². The summed E-state index contributed by atoms with van der Waals surface area (Å²) in [4.78, 5) is 0. The van der Waals surface area contributed by atoms with E-state index in [1.54, 1.807) is 0 Å². The van der Waals surface area contributed by atoms with Crippen LogP contribution in [0.2, 0.25) is 0 Å². The lowest BCUT2D eigenvalue weighted by atomic mass is 9.98. The molecule has 4 heteroatoms. The highest BCUT2D eigenvalue weighted by Gasteiger charge is 2.32. The highest BCUT2D eigenvalue weighted by molar-refractivity contribution is 6.22. The summed E-state index contributed by atoms with van der Waals surface area (Å²) in [7, 11) is 0. The van der Waals surface area contributed by atoms with Crippen LogP contribution in [0.4, 0.5) is 11.4 Å². The van der Waals surface area contributed by atoms with Gasteiger partial charge in [0, 0.05) is 27.2 Å². The molecule has 0 saturated carbocycles. The van der Waals surface area contributed by atoms with Crippen LogP contribution in [-0.2, 0) is 0 Å². The summed E-state index contributed by atoms with van der Waals surface area (Å²) in [6.07, 6.45) is 8.80. The van der Waals surface area contributed by atoms with Crippen LogP contribution in [-0.4, -0.2) is 9.13 Å². The van der Waals surface area contributed by atoms with Gasteiger partial charge in [0.1, 0.15) is 6.17 Å². The molecular weight excluding hydrogens is 633 g/mol. The van der Waals surface area contributed by atoms with Crippen LogP contribution >= 0.6 is 0 Å². The summed E-state index contributed by atoms with van der Waals surface area (Å²) in [5.74, 6) is 0. The van der Waals surface area contributed by atoms with Gasteiger partial charge >= 0.3 is 0 Å². The van der Waals surface area contributed by atoms with Crippen molar-refractivity contribution in [3.63, 3.8) is 0 Å². The van der Waals surface area contributed by atoms with Crippen molar-refractivity contribution >= 4 is 71.5 Å². The number of hydrogen-bond donors (Lipinski definition) is 2. The molecule has 0 spiro atoms. The minimum absolute atomic E-state index is 0.0269. The van der Waals surface area contributed by atoms with Gasteiger partial charge in [-0.05, 0) is 94.9 Å². The standard InChI is InChI=1S/C48H36N4/c1-3-14-32(15-4-1)47-48(50-41-21-11-10-20-40(41)49-47)52-42-22-12-9-19-37(42)38-29-33(24-26-43(38)52)34-25-27-44-39(30-34)46-36-18-8-7-13-31(36)23-28-45(46)51(44)35-16-5-2-6-17-35/h1-5,7-16,18-30,47-50H,6,17H2. The molecule has 248 valence electrons. The molecule has 2 aliphatic rings. The Bertz CT molecular complexity index is 2920. The van der Waals surface area contributed by atoms with Crippen LogP contribution in [0.3, 0.4) is 0 Å². The van der Waals surface area contributed by atoms with Crippen molar-refractivity contribution in [2.24, 2.45) is 0 Å². The predicted octanol–water partition coefficient (Wildman–Crippen LogP) is 12.7. The second-order valence-electron chi connectivity index (χ2n) is 14.2. The monoisotopic (exact) mass is 668 g/mol. The van der Waals surface area contributed by atoms with Gasteiger partial charge in [0.25, 0.3) is 0 Å². The summed E-state index contributed by atoms with van der Waals surface area (Å²) < 4.78 is 5.00. The first kappa shape index (κ1) is 29.2. The average Bonchev–Trinajstić information content (AvgIpc) is 3.73. The second-order valence-corrected chi connectivity index (χ2v) is 14.2. The smallest absolute Gasteiger partial charge is 0.129 e. The molecule has 0 fully saturated rings. The lowest BCUT2D eigenvalue weighted by molar-refractivity contribution is 0.506. The molecule has 0 bridgehead atoms. The van der Waals surface area contributed by atoms with E-state index in [0.29, 0.717) is 0 Å². The number of benzene rings is 7. The number of allylic oxidation sites excluding steroid dienone is 4. The van der Waals surface area contributed by atoms with Gasteiger partial charge in [0.15, 0.2) is 0 Å². The molecule has 0 amide bonds. The van der Waals surface area contributed by atoms with Crippen LogP contribution in [0.15, 0.2) is 170 Å². The van der Waals surface area contributed by atoms with Gasteiger partial charge in [-0.25, -0.2) is 0 Å². The summed E-state index contributed by atoms with van der Waals surface area (Å²) in [6, 6.07) is 55.7. The molecule has 11 rings (SSSR count). The molecule has 7 aromatic carbocycles. The van der Waals surface area contributed by atoms with Crippen LogP contribution in [0.5, 0.6) is 0 Å². The summed E-state index contributed by atoms with van der Waals surface area (Å²) in [5.41, 5.74) is 12.2. The molecule has 0 radical (unpaired) electrons. The van der Waals surface area contributed by atoms with Crippen LogP contribution in [0.25, 0.3) is 71.2 Å². The van der Waals surface area contributed by atoms with Crippen molar-refractivity contribution in [1.29, 1.82) is 0 Å². The molecule has 9 aromatic rings. The van der Waals surface area contributed by atoms with E-state index >= 15 is 0 Å². The molecular formula is C48H36N4. The number of rotatable bonds is 4. The normalized spacial score (nSPS) is 17.0. The Kier molecular flexibility index (Phi) is 6.47. The third-order valence-corrected chi connectivity index (χ3v) is 11.3. The fourth-order valence-electron chi connectivity index (χ4n) is 8.90. The first-order chi connectivity index (χ1) is 25.8. The molecule has 52 heavy (non-hydrogen) atoms. The predicted molar refractivity (Wildman–Crippen MR) is 220 cm³/mol. The average molecular weight is 669 g/mol. The third-order valence-electron chi connectivity index (χ3n) is 11.3. The lowest BCUT2D eigenvalue weighted by Gasteiger charge is -2.38. The van der Waals surface area contributed by atoms with E-state index in [2.05, 4.69) is 190 Å². The Morgan fingerprint density at radius 1 is 0.519 bits per heavy atom. The lowest BCUT2D eigenvalue weighted by Crippen LogP contribution is -2.34. The number of nitrogens with one attached hydrogen (secondary N) is 2. The van der Waals surface area contributed by atoms with Gasteiger partial charge in [-0.1, -0.05) is 115 Å². The Hall–Kier alpha value is -6.52. The molecule has 2 aromatic heterocycles. The fourth-order valence-corrected chi connectivity index (χ4v) is 8.90. The molecule has 2 N–H and O–H groups in total. The van der Waals surface area contributed by atoms with Gasteiger partial charge in [0.05, 0.1) is 39.5 Å². The minimum Gasteiger partial charge on any atom is -0.373 e. The van der Waals surface area contributed by atoms with Crippen molar-refractivity contribution in [3.8, 4) is 11.1 Å². The second kappa shape index (κ2) is 11.5. The van der Waals surface area contributed by atoms with Crippen LogP contribution < -0.4 is 10.6 Å². The van der Waals surface area contributed by atoms with Gasteiger partial charge in [-0.3, -0.25) is 0 Å². The zero-order chi connectivity index (χ0) is 34.2. The fraction of sp³-hybridized carbons (Fsp3) is 0.0833. The van der Waals surface area contributed by atoms with E-state index in [1.807, 2.05) is 0 Å². The van der Waals surface area contributed by atoms with Gasteiger partial charge in [-0.15, -0.1) is 0 Å². The van der Waals surface area contributed by atoms with Crippen molar-refractivity contribution < 1.29 is 0 Å². The van der Waals surface area contributed by atoms with Gasteiger partial charge in [-0.2, -0.15) is 0 Å². The van der Waals surface area contributed by atoms with Gasteiger partial charge < -0.3 is 19.8 Å². The third kappa shape index (κ3) is 4.40. The molecule has 0 saturated heterocycles. The number of nitrogens with zero attached hydrogens (tertiary/aromatic N) is 2. The van der Waals surface area contributed by atoms with Crippen molar-refractivity contribution in [1.82, 2.24) is 9.13 Å². The highest BCUT2D eigenvalue weighted by atomic mass is 15.3. The Morgan fingerprint density at radius 2 is 1.19 bits per heavy atom. The van der Waals surface area contributed by atoms with E-state index in [1.165, 1.54) is 76.8 Å². The molecule has 2 unspecified atom stereocenters. The number of anilines is 2. The summed E-state index contributed by atoms with van der Waals surface area (Å²) >= 11 is 0. The van der Waals surface area contributed by atoms with E-state index in [-0.39, 0.29) is 12.2 Å². The SMILES string of the molecule is C1=CCCC(n2c3ccc(-c4ccc5c(c4)c4ccccc4n5C4Nc5ccccc5NC4c4ccccc4)cc3c3c4ccccc4ccc32)=C1. The molecule has 1 aliphatic heterocycles. The maximum atomic E-state index is 3.95. The summed E-state index contributed by atoms with van der Waals surface area (Å²) in [6.45, 7) is 0. The first-order valence-electron chi connectivity index (χ1n) is 18.3. The minimum atomic E-state index is -0.0507. The molecule has 1 aliphatic carbocycles. The summed E-state index contributed by atoms with van der Waals surface area (Å²) in [5, 5.41) is 15.6. The van der Waals surface area contributed by atoms with E-state index in [4.69, 9.17) is 0 Å². The van der Waals surface area contributed by atoms with E-state index in [9.17, 15) is 0 Å². The van der Waals surface area contributed by atoms with E-state index in [0.717, 1.165) is 24.2 Å². The van der Waals surface area contributed by atoms with Crippen LogP contribution in [0, 0.1) is 0 Å². The quantitative estimate of drug-likeness (QED) is 0.196. The number of para-hydroxylation sites is 3. The Morgan fingerprint density at radius 3 is 2.02 bits per heavy atom. The Balaban J connectivity index is 1.11. The highest BCUT2D eigenvalue weighted by Crippen LogP contribution is 2.45. The van der Waals surface area contributed by atoms with Gasteiger partial charge in [0.2, 0.25) is 0 Å². The molecule has 4 nitrogen and oxygen atoms in total. The molecule has 2 atom stereocenters. The molecule has 3 heterocycles. The zero-order valence-electron chi connectivity index (χ0n) is 28.6. The van der Waals surface area contributed by atoms with Crippen molar-refractivity contribution in [2.75, 3.05) is 10.6 Å². The number of aromatic nitrogens is 2. The number of hydrogen-bond acceptors (Lipinski definition) is 2. The Labute approximate surface area is 301 Å². The maximum Gasteiger partial charge on any atom is 0.129 e.